The van der Waals surface area contributed by atoms with Crippen LogP contribution < -0.4 is 5.32 Å². The Bertz CT molecular complexity index is 106. The summed E-state index contributed by atoms with van der Waals surface area (Å²) >= 11 is 0. The third-order valence-corrected chi connectivity index (χ3v) is 1.77. The number of likely N-dealkylation sites (N-methyl/N-ethyl adjacent to an activating group) is 2. The maximum absolute atomic E-state index is 3.98. The van der Waals surface area contributed by atoms with Crippen LogP contribution in [0.5, 0.6) is 0 Å². The monoisotopic (exact) mass is 156 g/mol. The molecule has 0 heterocycles. The van der Waals surface area contributed by atoms with Gasteiger partial charge in [-0.15, -0.1) is 0 Å². The van der Waals surface area contributed by atoms with E-state index in [9.17, 15) is 0 Å². The topological polar surface area (TPSA) is 15.3 Å². The molecule has 2 heteroatoms. The summed E-state index contributed by atoms with van der Waals surface area (Å²) in [7, 11) is 1.95. The highest BCUT2D eigenvalue weighted by Crippen LogP contribution is 1.94. The molecule has 0 bridgehead atoms. The first kappa shape index (κ1) is 10.7. The molecule has 0 saturated heterocycles. The summed E-state index contributed by atoms with van der Waals surface area (Å²) in [5.41, 5.74) is 1.26. The van der Waals surface area contributed by atoms with Crippen molar-refractivity contribution in [1.82, 2.24) is 10.2 Å². The molecule has 0 radical (unpaired) electrons. The Morgan fingerprint density at radius 1 is 1.36 bits per heavy atom. The van der Waals surface area contributed by atoms with E-state index >= 15 is 0 Å². The van der Waals surface area contributed by atoms with E-state index in [4.69, 9.17) is 0 Å². The van der Waals surface area contributed by atoms with Crippen molar-refractivity contribution in [2.45, 2.75) is 13.8 Å². The highest BCUT2D eigenvalue weighted by Gasteiger charge is 1.99. The van der Waals surface area contributed by atoms with Crippen LogP contribution in [0, 0.1) is 0 Å². The van der Waals surface area contributed by atoms with Crippen LogP contribution in [-0.2, 0) is 0 Å². The Morgan fingerprint density at radius 3 is 2.27 bits per heavy atom. The van der Waals surface area contributed by atoms with E-state index in [-0.39, 0.29) is 0 Å². The normalized spacial score (nSPS) is 10.5. The van der Waals surface area contributed by atoms with Crippen molar-refractivity contribution in [3.63, 3.8) is 0 Å². The lowest BCUT2D eigenvalue weighted by molar-refractivity contribution is 0.328. The summed E-state index contributed by atoms with van der Waals surface area (Å²) in [6, 6.07) is 0. The lowest BCUT2D eigenvalue weighted by atomic mass is 10.3. The predicted molar refractivity (Wildman–Crippen MR) is 50.9 cm³/mol. The van der Waals surface area contributed by atoms with Gasteiger partial charge in [-0.05, 0) is 25.7 Å². The van der Waals surface area contributed by atoms with Crippen molar-refractivity contribution < 1.29 is 0 Å². The minimum absolute atomic E-state index is 0.927. The average molecular weight is 156 g/mol. The summed E-state index contributed by atoms with van der Waals surface area (Å²) in [5.74, 6) is 0. The second-order valence-corrected chi connectivity index (χ2v) is 2.74. The van der Waals surface area contributed by atoms with Gasteiger partial charge in [-0.2, -0.15) is 0 Å². The summed E-state index contributed by atoms with van der Waals surface area (Å²) in [5, 5.41) is 3.09. The van der Waals surface area contributed by atoms with Crippen LogP contribution in [0.2, 0.25) is 0 Å². The van der Waals surface area contributed by atoms with Crippen LogP contribution in [0.4, 0.5) is 0 Å². The fourth-order valence-electron chi connectivity index (χ4n) is 1.07. The zero-order valence-corrected chi connectivity index (χ0v) is 7.98. The Hall–Kier alpha value is -0.340. The lowest BCUT2D eigenvalue weighted by Crippen LogP contribution is -2.27. The second-order valence-electron chi connectivity index (χ2n) is 2.74. The molecule has 1 N–H and O–H groups in total. The van der Waals surface area contributed by atoms with Gasteiger partial charge in [-0.3, -0.25) is 4.90 Å². The molecule has 66 valence electrons. The van der Waals surface area contributed by atoms with E-state index < -0.39 is 0 Å². The molecule has 0 unspecified atom stereocenters. The number of rotatable bonds is 6. The fraction of sp³-hybridized carbons (Fsp3) is 0.778. The third-order valence-electron chi connectivity index (χ3n) is 1.77. The van der Waals surface area contributed by atoms with Gasteiger partial charge in [-0.1, -0.05) is 20.4 Å². The fourth-order valence-corrected chi connectivity index (χ4v) is 1.07. The molecule has 0 aromatic heterocycles. The molecule has 0 saturated carbocycles. The zero-order valence-electron chi connectivity index (χ0n) is 7.98. The SMILES string of the molecule is C=C(CNC)CN(CC)CC. The van der Waals surface area contributed by atoms with Crippen LogP contribution in [0.25, 0.3) is 0 Å². The maximum Gasteiger partial charge on any atom is 0.0202 e. The highest BCUT2D eigenvalue weighted by molar-refractivity contribution is 4.99. The molecule has 0 atom stereocenters. The van der Waals surface area contributed by atoms with E-state index in [1.807, 2.05) is 7.05 Å². The summed E-state index contributed by atoms with van der Waals surface area (Å²) in [4.78, 5) is 2.36. The third kappa shape index (κ3) is 4.99. The van der Waals surface area contributed by atoms with Crippen molar-refractivity contribution in [3.8, 4) is 0 Å². The van der Waals surface area contributed by atoms with Gasteiger partial charge in [0.2, 0.25) is 0 Å². The molecule has 0 aliphatic carbocycles. The summed E-state index contributed by atoms with van der Waals surface area (Å²) in [6.45, 7) is 12.5. The largest absolute Gasteiger partial charge is 0.316 e. The molecule has 0 aliphatic heterocycles. The molecule has 0 aliphatic rings. The molecular formula is C9H20N2. The summed E-state index contributed by atoms with van der Waals surface area (Å²) < 4.78 is 0. The molecular weight excluding hydrogens is 136 g/mol. The smallest absolute Gasteiger partial charge is 0.0202 e. The van der Waals surface area contributed by atoms with Crippen LogP contribution in [0.15, 0.2) is 12.2 Å². The molecule has 0 rings (SSSR count). The van der Waals surface area contributed by atoms with Gasteiger partial charge in [0.15, 0.2) is 0 Å². The van der Waals surface area contributed by atoms with Crippen molar-refractivity contribution in [3.05, 3.63) is 12.2 Å². The second kappa shape index (κ2) is 6.38. The Morgan fingerprint density at radius 2 is 1.91 bits per heavy atom. The highest BCUT2D eigenvalue weighted by atomic mass is 15.1. The molecule has 0 amide bonds. The molecule has 2 nitrogen and oxygen atoms in total. The number of hydrogen-bond donors (Lipinski definition) is 1. The van der Waals surface area contributed by atoms with Crippen molar-refractivity contribution in [2.75, 3.05) is 33.2 Å². The number of hydrogen-bond acceptors (Lipinski definition) is 2. The van der Waals surface area contributed by atoms with Crippen LogP contribution in [0.3, 0.4) is 0 Å². The lowest BCUT2D eigenvalue weighted by Gasteiger charge is -2.18. The number of nitrogens with one attached hydrogen (secondary N) is 1. The predicted octanol–water partition coefficient (Wildman–Crippen LogP) is 1.10. The first-order chi connectivity index (χ1) is 5.24. The van der Waals surface area contributed by atoms with Gasteiger partial charge in [-0.25, -0.2) is 0 Å². The van der Waals surface area contributed by atoms with E-state index in [0.717, 1.165) is 26.2 Å². The minimum atomic E-state index is 0.927. The number of nitrogens with zero attached hydrogens (tertiary/aromatic N) is 1. The van der Waals surface area contributed by atoms with Gasteiger partial charge in [0.25, 0.3) is 0 Å². The van der Waals surface area contributed by atoms with Gasteiger partial charge in [0.05, 0.1) is 0 Å². The minimum Gasteiger partial charge on any atom is -0.316 e. The molecule has 11 heavy (non-hydrogen) atoms. The Balaban J connectivity index is 3.54. The van der Waals surface area contributed by atoms with Gasteiger partial charge < -0.3 is 5.32 Å². The van der Waals surface area contributed by atoms with Crippen LogP contribution in [-0.4, -0.2) is 38.1 Å². The molecule has 0 fully saturated rings. The van der Waals surface area contributed by atoms with E-state index in [2.05, 4.69) is 30.6 Å². The molecule has 0 aromatic rings. The zero-order chi connectivity index (χ0) is 8.69. The molecule has 0 aromatic carbocycles. The Kier molecular flexibility index (Phi) is 6.18. The quantitative estimate of drug-likeness (QED) is 0.579. The molecule has 0 spiro atoms. The van der Waals surface area contributed by atoms with Gasteiger partial charge in [0.1, 0.15) is 0 Å². The maximum atomic E-state index is 3.98. The van der Waals surface area contributed by atoms with Gasteiger partial charge >= 0.3 is 0 Å². The van der Waals surface area contributed by atoms with E-state index in [1.165, 1.54) is 5.57 Å². The first-order valence-corrected chi connectivity index (χ1v) is 4.28. The van der Waals surface area contributed by atoms with E-state index in [1.54, 1.807) is 0 Å². The van der Waals surface area contributed by atoms with E-state index in [0.29, 0.717) is 0 Å². The summed E-state index contributed by atoms with van der Waals surface area (Å²) in [6.07, 6.45) is 0. The van der Waals surface area contributed by atoms with Crippen molar-refractivity contribution >= 4 is 0 Å². The van der Waals surface area contributed by atoms with Crippen molar-refractivity contribution in [1.29, 1.82) is 0 Å². The van der Waals surface area contributed by atoms with Gasteiger partial charge in [0, 0.05) is 13.1 Å². The average Bonchev–Trinajstić information content (AvgIpc) is 2.01. The standard InChI is InChI=1S/C9H20N2/c1-5-11(6-2)8-9(3)7-10-4/h10H,3,5-8H2,1-2,4H3. The first-order valence-electron chi connectivity index (χ1n) is 4.28. The van der Waals surface area contributed by atoms with Crippen LogP contribution in [0.1, 0.15) is 13.8 Å². The van der Waals surface area contributed by atoms with Crippen LogP contribution >= 0.6 is 0 Å². The van der Waals surface area contributed by atoms with Crippen molar-refractivity contribution in [2.24, 2.45) is 0 Å². The Labute approximate surface area is 70.3 Å².